The van der Waals surface area contributed by atoms with Crippen LogP contribution in [0.3, 0.4) is 0 Å². The molecular weight excluding hydrogens is 342 g/mol. The summed E-state index contributed by atoms with van der Waals surface area (Å²) < 4.78 is 1.55. The second kappa shape index (κ2) is 7.27. The number of carbonyl (C=O) groups is 1. The van der Waals surface area contributed by atoms with Crippen LogP contribution in [0.4, 0.5) is 0 Å². The summed E-state index contributed by atoms with van der Waals surface area (Å²) in [4.78, 5) is 33.5. The van der Waals surface area contributed by atoms with Crippen molar-refractivity contribution in [2.24, 2.45) is 7.05 Å². The Morgan fingerprint density at radius 1 is 1.25 bits per heavy atom. The Labute approximate surface area is 151 Å². The number of hydrogen-bond donors (Lipinski definition) is 0. The van der Waals surface area contributed by atoms with Gasteiger partial charge in [-0.1, -0.05) is 11.8 Å². The molecule has 0 aliphatic heterocycles. The van der Waals surface area contributed by atoms with Gasteiger partial charge in [0.1, 0.15) is 4.83 Å². The molecule has 2 aromatic rings. The predicted octanol–water partition coefficient (Wildman–Crippen LogP) is 3.35. The second-order valence-electron chi connectivity index (χ2n) is 6.50. The first kappa shape index (κ1) is 19.0. The fourth-order valence-electron chi connectivity index (χ4n) is 2.86. The minimum Gasteiger partial charge on any atom is -0.337 e. The lowest BCUT2D eigenvalue weighted by atomic mass is 10.2. The molecule has 0 atom stereocenters. The minimum atomic E-state index is -0.0404. The Hall–Kier alpha value is -1.34. The molecule has 0 fully saturated rings. The Morgan fingerprint density at radius 2 is 1.83 bits per heavy atom. The van der Waals surface area contributed by atoms with E-state index in [9.17, 15) is 9.59 Å². The zero-order valence-corrected chi connectivity index (χ0v) is 17.0. The van der Waals surface area contributed by atoms with E-state index < -0.39 is 0 Å². The summed E-state index contributed by atoms with van der Waals surface area (Å²) in [5.41, 5.74) is 0.961. The highest BCUT2D eigenvalue weighted by atomic mass is 32.2. The van der Waals surface area contributed by atoms with Crippen molar-refractivity contribution in [3.63, 3.8) is 0 Å². The zero-order chi connectivity index (χ0) is 18.2. The lowest BCUT2D eigenvalue weighted by Gasteiger charge is -2.30. The SMILES string of the molecule is Cc1sc2nc(SCC(=O)N(C(C)C)C(C)C)n(C)c(=O)c2c1C. The lowest BCUT2D eigenvalue weighted by Crippen LogP contribution is -2.43. The summed E-state index contributed by atoms with van der Waals surface area (Å²) in [6.07, 6.45) is 0. The van der Waals surface area contributed by atoms with Crippen molar-refractivity contribution in [2.45, 2.75) is 58.8 Å². The van der Waals surface area contributed by atoms with Crippen molar-refractivity contribution in [2.75, 3.05) is 5.75 Å². The fourth-order valence-corrected chi connectivity index (χ4v) is 4.77. The summed E-state index contributed by atoms with van der Waals surface area (Å²) in [5, 5.41) is 1.29. The fraction of sp³-hybridized carbons (Fsp3) is 0.588. The van der Waals surface area contributed by atoms with Crippen LogP contribution < -0.4 is 5.56 Å². The average molecular weight is 368 g/mol. The number of fused-ring (bicyclic) bond motifs is 1. The van der Waals surface area contributed by atoms with E-state index in [0.717, 1.165) is 15.3 Å². The molecule has 7 heteroatoms. The number of rotatable bonds is 5. The van der Waals surface area contributed by atoms with Gasteiger partial charge in [-0.15, -0.1) is 11.3 Å². The monoisotopic (exact) mass is 367 g/mol. The van der Waals surface area contributed by atoms with Crippen LogP contribution in [0.2, 0.25) is 0 Å². The zero-order valence-electron chi connectivity index (χ0n) is 15.3. The lowest BCUT2D eigenvalue weighted by molar-refractivity contribution is -0.131. The van der Waals surface area contributed by atoms with E-state index >= 15 is 0 Å². The number of aryl methyl sites for hydroxylation is 2. The van der Waals surface area contributed by atoms with Crippen molar-refractivity contribution in [1.29, 1.82) is 0 Å². The van der Waals surface area contributed by atoms with Crippen LogP contribution in [0, 0.1) is 13.8 Å². The van der Waals surface area contributed by atoms with Gasteiger partial charge in [0.2, 0.25) is 5.91 Å². The van der Waals surface area contributed by atoms with E-state index in [-0.39, 0.29) is 29.3 Å². The number of thioether (sulfide) groups is 1. The van der Waals surface area contributed by atoms with Gasteiger partial charge in [-0.25, -0.2) is 4.98 Å². The molecule has 0 bridgehead atoms. The van der Waals surface area contributed by atoms with E-state index in [1.165, 1.54) is 23.1 Å². The Kier molecular flexibility index (Phi) is 5.75. The van der Waals surface area contributed by atoms with Crippen molar-refractivity contribution in [1.82, 2.24) is 14.5 Å². The molecule has 2 aromatic heterocycles. The smallest absolute Gasteiger partial charge is 0.262 e. The van der Waals surface area contributed by atoms with Gasteiger partial charge in [-0.2, -0.15) is 0 Å². The van der Waals surface area contributed by atoms with Gasteiger partial charge in [-0.3, -0.25) is 14.2 Å². The molecule has 2 rings (SSSR count). The van der Waals surface area contributed by atoms with Crippen molar-refractivity contribution in [3.05, 3.63) is 20.8 Å². The van der Waals surface area contributed by atoms with Crippen molar-refractivity contribution >= 4 is 39.2 Å². The molecule has 132 valence electrons. The number of nitrogens with zero attached hydrogens (tertiary/aromatic N) is 3. The van der Waals surface area contributed by atoms with E-state index in [2.05, 4.69) is 4.98 Å². The van der Waals surface area contributed by atoms with Crippen LogP contribution in [-0.2, 0) is 11.8 Å². The standard InChI is InChI=1S/C17H25N3O2S2/c1-9(2)20(10(3)4)13(21)8-23-17-18-15-14(16(22)19(17)7)11(5)12(6)24-15/h9-10H,8H2,1-7H3. The van der Waals surface area contributed by atoms with Crippen LogP contribution in [0.5, 0.6) is 0 Å². The average Bonchev–Trinajstić information content (AvgIpc) is 2.75. The molecule has 2 heterocycles. The summed E-state index contributed by atoms with van der Waals surface area (Å²) in [5.74, 6) is 0.351. The molecule has 1 amide bonds. The van der Waals surface area contributed by atoms with Gasteiger partial charge in [0.05, 0.1) is 11.1 Å². The first-order valence-corrected chi connectivity index (χ1v) is 9.86. The van der Waals surface area contributed by atoms with E-state index in [1.54, 1.807) is 11.6 Å². The third-order valence-electron chi connectivity index (χ3n) is 4.09. The normalized spacial score (nSPS) is 11.7. The highest BCUT2D eigenvalue weighted by Gasteiger charge is 2.21. The van der Waals surface area contributed by atoms with E-state index in [4.69, 9.17) is 0 Å². The number of carbonyl (C=O) groups excluding carboxylic acids is 1. The molecular formula is C17H25N3O2S2. The summed E-state index contributed by atoms with van der Waals surface area (Å²) >= 11 is 2.86. The number of thiophene rings is 1. The van der Waals surface area contributed by atoms with Gasteiger partial charge < -0.3 is 4.90 Å². The number of amides is 1. The first-order chi connectivity index (χ1) is 11.1. The largest absolute Gasteiger partial charge is 0.337 e. The maximum absolute atomic E-state index is 12.6. The third kappa shape index (κ3) is 3.52. The molecule has 5 nitrogen and oxygen atoms in total. The number of aromatic nitrogens is 2. The van der Waals surface area contributed by atoms with Crippen molar-refractivity contribution in [3.8, 4) is 0 Å². The summed E-state index contributed by atoms with van der Waals surface area (Å²) in [6.45, 7) is 12.0. The molecule has 0 unspecified atom stereocenters. The van der Waals surface area contributed by atoms with Gasteiger partial charge >= 0.3 is 0 Å². The molecule has 0 saturated carbocycles. The molecule has 0 radical (unpaired) electrons. The first-order valence-electron chi connectivity index (χ1n) is 8.05. The summed E-state index contributed by atoms with van der Waals surface area (Å²) in [6, 6.07) is 0.305. The Bertz CT molecular complexity index is 813. The molecule has 0 aliphatic carbocycles. The quantitative estimate of drug-likeness (QED) is 0.601. The highest BCUT2D eigenvalue weighted by Crippen LogP contribution is 2.28. The molecule has 24 heavy (non-hydrogen) atoms. The van der Waals surface area contributed by atoms with Crippen LogP contribution in [-0.4, -0.2) is 38.2 Å². The molecule has 0 aliphatic rings. The predicted molar refractivity (Wildman–Crippen MR) is 102 cm³/mol. The molecule has 0 aromatic carbocycles. The van der Waals surface area contributed by atoms with E-state index in [0.29, 0.717) is 10.5 Å². The van der Waals surface area contributed by atoms with Crippen molar-refractivity contribution < 1.29 is 4.79 Å². The van der Waals surface area contributed by atoms with Gasteiger partial charge in [0.25, 0.3) is 5.56 Å². The van der Waals surface area contributed by atoms with Gasteiger partial charge in [0.15, 0.2) is 5.16 Å². The van der Waals surface area contributed by atoms with Gasteiger partial charge in [0, 0.05) is 24.0 Å². The Balaban J connectivity index is 2.29. The molecule has 0 N–H and O–H groups in total. The topological polar surface area (TPSA) is 55.2 Å². The van der Waals surface area contributed by atoms with Crippen LogP contribution in [0.15, 0.2) is 9.95 Å². The molecule has 0 saturated heterocycles. The Morgan fingerprint density at radius 3 is 2.38 bits per heavy atom. The molecule has 0 spiro atoms. The highest BCUT2D eigenvalue weighted by molar-refractivity contribution is 7.99. The second-order valence-corrected chi connectivity index (χ2v) is 8.64. The third-order valence-corrected chi connectivity index (χ3v) is 6.21. The maximum atomic E-state index is 12.6. The minimum absolute atomic E-state index is 0.0404. The maximum Gasteiger partial charge on any atom is 0.262 e. The van der Waals surface area contributed by atoms with E-state index in [1.807, 2.05) is 46.4 Å². The van der Waals surface area contributed by atoms with Crippen LogP contribution >= 0.6 is 23.1 Å². The van der Waals surface area contributed by atoms with Crippen LogP contribution in [0.1, 0.15) is 38.1 Å². The van der Waals surface area contributed by atoms with Gasteiger partial charge in [-0.05, 0) is 47.1 Å². The summed E-state index contributed by atoms with van der Waals surface area (Å²) in [7, 11) is 1.72. The number of hydrogen-bond acceptors (Lipinski definition) is 5. The van der Waals surface area contributed by atoms with Crippen LogP contribution in [0.25, 0.3) is 10.2 Å².